The molecule has 1 aliphatic carbocycles. The van der Waals surface area contributed by atoms with Gasteiger partial charge in [-0.2, -0.15) is 0 Å². The van der Waals surface area contributed by atoms with Crippen LogP contribution in [0.15, 0.2) is 0 Å². The molecular weight excluding hydrogens is 261 g/mol. The Morgan fingerprint density at radius 3 is 1.00 bits per heavy atom. The van der Waals surface area contributed by atoms with Crippen LogP contribution >= 0.6 is 69.6 Å². The smallest absolute Gasteiger partial charge is 0.116 e. The maximum atomic E-state index is 5.62. The molecule has 1 rings (SSSR count). The van der Waals surface area contributed by atoms with Gasteiger partial charge in [0.25, 0.3) is 0 Å². The van der Waals surface area contributed by atoms with E-state index in [9.17, 15) is 0 Å². The first-order valence-electron chi connectivity index (χ1n) is 2.35. The molecule has 0 atom stereocenters. The largest absolute Gasteiger partial charge is 0.156 e. The average molecular weight is 263 g/mol. The third-order valence-corrected chi connectivity index (χ3v) is 5.37. The molecule has 0 nitrogen and oxygen atoms in total. The number of halogens is 6. The summed E-state index contributed by atoms with van der Waals surface area (Å²) in [6, 6.07) is 0. The topological polar surface area (TPSA) is 0 Å². The lowest BCUT2D eigenvalue weighted by molar-refractivity contribution is 0.453. The lowest BCUT2D eigenvalue weighted by atomic mass is 9.95. The van der Waals surface area contributed by atoms with Crippen LogP contribution in [0.3, 0.4) is 0 Å². The lowest BCUT2D eigenvalue weighted by Gasteiger charge is -2.50. The molecule has 1 fully saturated rings. The van der Waals surface area contributed by atoms with Crippen molar-refractivity contribution in [3.05, 3.63) is 0 Å². The second-order valence-electron chi connectivity index (χ2n) is 2.07. The van der Waals surface area contributed by atoms with Gasteiger partial charge in [0, 0.05) is 0 Å². The van der Waals surface area contributed by atoms with E-state index in [4.69, 9.17) is 69.6 Å². The molecule has 0 aliphatic heterocycles. The van der Waals surface area contributed by atoms with E-state index in [0.717, 1.165) is 0 Å². The molecule has 0 amide bonds. The van der Waals surface area contributed by atoms with Gasteiger partial charge in [-0.1, -0.05) is 46.4 Å². The predicted molar refractivity (Wildman–Crippen MR) is 48.2 cm³/mol. The highest BCUT2D eigenvalue weighted by Gasteiger charge is 2.68. The van der Waals surface area contributed by atoms with Gasteiger partial charge in [0.2, 0.25) is 0 Å². The van der Waals surface area contributed by atoms with E-state index in [-0.39, 0.29) is 0 Å². The zero-order chi connectivity index (χ0) is 8.15. The average Bonchev–Trinajstić information content (AvgIpc) is 1.84. The molecule has 6 heteroatoms. The highest BCUT2D eigenvalue weighted by atomic mass is 35.5. The Morgan fingerprint density at radius 2 is 0.900 bits per heavy atom. The Labute approximate surface area is 88.6 Å². The van der Waals surface area contributed by atoms with Crippen molar-refractivity contribution in [2.45, 2.75) is 19.4 Å². The monoisotopic (exact) mass is 260 g/mol. The molecule has 10 heavy (non-hydrogen) atoms. The van der Waals surface area contributed by atoms with Crippen molar-refractivity contribution < 1.29 is 0 Å². The summed E-state index contributed by atoms with van der Waals surface area (Å²) in [5.74, 6) is 0. The summed E-state index contributed by atoms with van der Waals surface area (Å²) in [7, 11) is 0. The summed E-state index contributed by atoms with van der Waals surface area (Å²) in [6.07, 6.45) is 0. The molecule has 0 aromatic heterocycles. The third-order valence-electron chi connectivity index (χ3n) is 1.35. The van der Waals surface area contributed by atoms with Crippen LogP contribution in [-0.4, -0.2) is 19.4 Å². The SMILES string of the molecule is ClC1C(Cl)(Cl)C(Cl)C1(Cl)Cl. The van der Waals surface area contributed by atoms with Crippen molar-refractivity contribution in [1.82, 2.24) is 0 Å². The number of alkyl halides is 6. The molecule has 0 saturated heterocycles. The Hall–Kier alpha value is 1.74. The Bertz CT molecular complexity index is 122. The molecule has 0 heterocycles. The van der Waals surface area contributed by atoms with E-state index in [1.807, 2.05) is 0 Å². The lowest BCUT2D eigenvalue weighted by Crippen LogP contribution is -2.66. The van der Waals surface area contributed by atoms with Gasteiger partial charge in [0.1, 0.15) is 10.8 Å². The minimum absolute atomic E-state index is 0.728. The molecule has 0 unspecified atom stereocenters. The molecular formula is C4H2Cl6. The van der Waals surface area contributed by atoms with E-state index in [2.05, 4.69) is 0 Å². The van der Waals surface area contributed by atoms with Crippen molar-refractivity contribution in [3.63, 3.8) is 0 Å². The van der Waals surface area contributed by atoms with E-state index < -0.39 is 19.4 Å². The van der Waals surface area contributed by atoms with Crippen LogP contribution in [0.1, 0.15) is 0 Å². The molecule has 1 saturated carbocycles. The molecule has 0 N–H and O–H groups in total. The zero-order valence-electron chi connectivity index (χ0n) is 4.42. The minimum Gasteiger partial charge on any atom is -0.116 e. The maximum absolute atomic E-state index is 5.62. The van der Waals surface area contributed by atoms with Gasteiger partial charge in [-0.15, -0.1) is 23.2 Å². The number of rotatable bonds is 0. The van der Waals surface area contributed by atoms with Gasteiger partial charge >= 0.3 is 0 Å². The van der Waals surface area contributed by atoms with Gasteiger partial charge in [-0.05, 0) is 0 Å². The van der Waals surface area contributed by atoms with Crippen LogP contribution in [0, 0.1) is 0 Å². The molecule has 0 radical (unpaired) electrons. The maximum Gasteiger partial charge on any atom is 0.156 e. The fourth-order valence-electron chi connectivity index (χ4n) is 0.674. The van der Waals surface area contributed by atoms with Crippen LogP contribution in [0.2, 0.25) is 0 Å². The second kappa shape index (κ2) is 2.61. The van der Waals surface area contributed by atoms with Gasteiger partial charge in [-0.3, -0.25) is 0 Å². The minimum atomic E-state index is -1.22. The number of hydrogen-bond donors (Lipinski definition) is 0. The first-order chi connectivity index (χ1) is 4.31. The highest BCUT2D eigenvalue weighted by molar-refractivity contribution is 6.67. The molecule has 0 bridgehead atoms. The van der Waals surface area contributed by atoms with Crippen LogP contribution in [0.5, 0.6) is 0 Å². The van der Waals surface area contributed by atoms with Gasteiger partial charge < -0.3 is 0 Å². The Balaban J connectivity index is 2.78. The fraction of sp³-hybridized carbons (Fsp3) is 1.00. The Morgan fingerprint density at radius 1 is 0.700 bits per heavy atom. The summed E-state index contributed by atoms with van der Waals surface area (Å²) in [5.41, 5.74) is 0. The number of hydrogen-bond acceptors (Lipinski definition) is 0. The van der Waals surface area contributed by atoms with E-state index >= 15 is 0 Å². The van der Waals surface area contributed by atoms with E-state index in [1.165, 1.54) is 0 Å². The quantitative estimate of drug-likeness (QED) is 0.586. The molecule has 0 spiro atoms. The van der Waals surface area contributed by atoms with Crippen molar-refractivity contribution in [1.29, 1.82) is 0 Å². The zero-order valence-corrected chi connectivity index (χ0v) is 8.96. The van der Waals surface area contributed by atoms with E-state index in [1.54, 1.807) is 0 Å². The van der Waals surface area contributed by atoms with E-state index in [0.29, 0.717) is 0 Å². The third kappa shape index (κ3) is 1.12. The predicted octanol–water partition coefficient (Wildman–Crippen LogP) is 3.56. The molecule has 0 aromatic carbocycles. The molecule has 0 aromatic rings. The van der Waals surface area contributed by atoms with Crippen molar-refractivity contribution in [3.8, 4) is 0 Å². The van der Waals surface area contributed by atoms with Gasteiger partial charge in [0.05, 0.1) is 0 Å². The first kappa shape index (κ1) is 9.83. The van der Waals surface area contributed by atoms with Crippen LogP contribution in [-0.2, 0) is 0 Å². The fourth-order valence-corrected chi connectivity index (χ4v) is 3.13. The molecule has 1 aliphatic rings. The van der Waals surface area contributed by atoms with Gasteiger partial charge in [0.15, 0.2) is 8.67 Å². The van der Waals surface area contributed by atoms with Crippen LogP contribution < -0.4 is 0 Å². The first-order valence-corrected chi connectivity index (χ1v) is 4.73. The van der Waals surface area contributed by atoms with Crippen molar-refractivity contribution in [2.24, 2.45) is 0 Å². The van der Waals surface area contributed by atoms with Crippen molar-refractivity contribution in [2.75, 3.05) is 0 Å². The van der Waals surface area contributed by atoms with Crippen molar-refractivity contribution >= 4 is 69.6 Å². The highest BCUT2D eigenvalue weighted by Crippen LogP contribution is 2.60. The summed E-state index contributed by atoms with van der Waals surface area (Å²) in [6.45, 7) is 0. The Kier molecular flexibility index (Phi) is 2.57. The summed E-state index contributed by atoms with van der Waals surface area (Å²) in [5, 5.41) is -1.46. The summed E-state index contributed by atoms with van der Waals surface area (Å²) >= 11 is 33.7. The summed E-state index contributed by atoms with van der Waals surface area (Å²) < 4.78 is -2.43. The summed E-state index contributed by atoms with van der Waals surface area (Å²) in [4.78, 5) is 0. The van der Waals surface area contributed by atoms with Crippen LogP contribution in [0.25, 0.3) is 0 Å². The second-order valence-corrected chi connectivity index (χ2v) is 5.84. The molecule has 60 valence electrons. The van der Waals surface area contributed by atoms with Crippen LogP contribution in [0.4, 0.5) is 0 Å². The normalized spacial score (nSPS) is 42.6. The standard InChI is InChI=1S/C4H2Cl6/c5-1-3(7,8)2(6)4(1,9)10/h1-2H. The van der Waals surface area contributed by atoms with Gasteiger partial charge in [-0.25, -0.2) is 0 Å².